The predicted octanol–water partition coefficient (Wildman–Crippen LogP) is 2.92. The molecule has 0 aliphatic heterocycles. The third-order valence-electron chi connectivity index (χ3n) is 2.51. The normalized spacial score (nSPS) is 11.3. The number of hydrogen-bond acceptors (Lipinski definition) is 4. The van der Waals surface area contributed by atoms with Gasteiger partial charge in [0, 0.05) is 14.3 Å². The minimum atomic E-state index is -3.87. The summed E-state index contributed by atoms with van der Waals surface area (Å²) in [7, 11) is -3.87. The van der Waals surface area contributed by atoms with Gasteiger partial charge >= 0.3 is 0 Å². The smallest absolute Gasteiger partial charge is 0.240 e. The fraction of sp³-hybridized carbons (Fsp3) is 0. The second-order valence-corrected chi connectivity index (χ2v) is 7.18. The molecule has 5 nitrogen and oxygen atoms in total. The largest absolute Gasteiger partial charge is 0.399 e. The monoisotopic (exact) mass is 423 g/mol. The zero-order valence-electron chi connectivity index (χ0n) is 10.1. The first kappa shape index (κ1) is 15.4. The molecule has 0 saturated carbocycles. The molecule has 0 saturated heterocycles. The summed E-state index contributed by atoms with van der Waals surface area (Å²) in [6.07, 6.45) is 0. The van der Waals surface area contributed by atoms with Crippen LogP contribution in [0.5, 0.6) is 0 Å². The first-order valence-electron chi connectivity index (χ1n) is 5.42. The number of hydrogen-bond donors (Lipinski definition) is 3. The van der Waals surface area contributed by atoms with Crippen molar-refractivity contribution in [1.29, 1.82) is 0 Å². The lowest BCUT2D eigenvalue weighted by Gasteiger charge is -2.13. The second-order valence-electron chi connectivity index (χ2n) is 4.05. The molecule has 0 aliphatic carbocycles. The Hall–Kier alpha value is -1.03. The standard InChI is InChI=1S/C12H11ClIN3O2S/c13-7-1-3-10(9(14)5-7)17-11-4-2-8(15)6-12(11)20(16,18)19/h1-6,17H,15H2,(H2,16,18,19). The average molecular weight is 424 g/mol. The summed E-state index contributed by atoms with van der Waals surface area (Å²) in [5.41, 5.74) is 7.01. The lowest BCUT2D eigenvalue weighted by Crippen LogP contribution is -2.14. The highest BCUT2D eigenvalue weighted by atomic mass is 127. The molecule has 2 aromatic rings. The van der Waals surface area contributed by atoms with Gasteiger partial charge in [-0.2, -0.15) is 0 Å². The fourth-order valence-corrected chi connectivity index (χ4v) is 3.35. The van der Waals surface area contributed by atoms with E-state index in [0.717, 1.165) is 9.26 Å². The molecule has 106 valence electrons. The summed E-state index contributed by atoms with van der Waals surface area (Å²) < 4.78 is 24.0. The zero-order valence-corrected chi connectivity index (χ0v) is 13.8. The van der Waals surface area contributed by atoms with Crippen LogP contribution in [0.2, 0.25) is 5.02 Å². The molecule has 20 heavy (non-hydrogen) atoms. The van der Waals surface area contributed by atoms with Gasteiger partial charge in [0.15, 0.2) is 0 Å². The highest BCUT2D eigenvalue weighted by Crippen LogP contribution is 2.29. The van der Waals surface area contributed by atoms with Crippen LogP contribution in [0.15, 0.2) is 41.3 Å². The molecule has 0 aliphatic rings. The summed E-state index contributed by atoms with van der Waals surface area (Å²) in [6, 6.07) is 9.71. The number of sulfonamides is 1. The van der Waals surface area contributed by atoms with Gasteiger partial charge in [0.05, 0.1) is 11.4 Å². The van der Waals surface area contributed by atoms with Gasteiger partial charge in [-0.05, 0) is 59.0 Å². The van der Waals surface area contributed by atoms with E-state index >= 15 is 0 Å². The molecule has 0 radical (unpaired) electrons. The van der Waals surface area contributed by atoms with Crippen LogP contribution < -0.4 is 16.2 Å². The number of nitrogens with two attached hydrogens (primary N) is 2. The molecule has 0 fully saturated rings. The SMILES string of the molecule is Nc1ccc(Nc2ccc(Cl)cc2I)c(S(N)(=O)=O)c1. The number of benzene rings is 2. The Bertz CT molecular complexity index is 765. The highest BCUT2D eigenvalue weighted by molar-refractivity contribution is 14.1. The van der Waals surface area contributed by atoms with Crippen molar-refractivity contribution < 1.29 is 8.42 Å². The van der Waals surface area contributed by atoms with Crippen LogP contribution in [0.25, 0.3) is 0 Å². The maximum absolute atomic E-state index is 11.6. The van der Waals surface area contributed by atoms with Crippen molar-refractivity contribution in [3.05, 3.63) is 45.0 Å². The molecule has 2 aromatic carbocycles. The zero-order chi connectivity index (χ0) is 14.9. The van der Waals surface area contributed by atoms with E-state index in [1.54, 1.807) is 30.3 Å². The molecule has 0 unspecified atom stereocenters. The Kier molecular flexibility index (Phi) is 4.43. The molecule has 0 amide bonds. The Morgan fingerprint density at radius 1 is 1.10 bits per heavy atom. The van der Waals surface area contributed by atoms with Crippen LogP contribution in [-0.4, -0.2) is 8.42 Å². The van der Waals surface area contributed by atoms with Gasteiger partial charge in [0.2, 0.25) is 10.0 Å². The molecule has 0 aromatic heterocycles. The van der Waals surface area contributed by atoms with Crippen LogP contribution in [0.4, 0.5) is 17.1 Å². The summed E-state index contributed by atoms with van der Waals surface area (Å²) >= 11 is 7.98. The third kappa shape index (κ3) is 3.54. The lowest BCUT2D eigenvalue weighted by atomic mass is 10.2. The van der Waals surface area contributed by atoms with E-state index in [-0.39, 0.29) is 4.90 Å². The predicted molar refractivity (Wildman–Crippen MR) is 89.7 cm³/mol. The molecule has 2 rings (SSSR count). The van der Waals surface area contributed by atoms with Crippen LogP contribution in [0, 0.1) is 3.57 Å². The minimum Gasteiger partial charge on any atom is -0.399 e. The molecule has 8 heteroatoms. The summed E-state index contributed by atoms with van der Waals surface area (Å²) in [5.74, 6) is 0. The number of nitrogen functional groups attached to an aromatic ring is 1. The summed E-state index contributed by atoms with van der Waals surface area (Å²) in [6.45, 7) is 0. The van der Waals surface area contributed by atoms with Gasteiger partial charge in [-0.3, -0.25) is 0 Å². The van der Waals surface area contributed by atoms with E-state index in [4.69, 9.17) is 22.5 Å². The number of rotatable bonds is 3. The van der Waals surface area contributed by atoms with Crippen molar-refractivity contribution in [2.24, 2.45) is 5.14 Å². The lowest BCUT2D eigenvalue weighted by molar-refractivity contribution is 0.598. The highest BCUT2D eigenvalue weighted by Gasteiger charge is 2.15. The molecule has 0 atom stereocenters. The molecular formula is C12H11ClIN3O2S. The number of nitrogens with one attached hydrogen (secondary N) is 1. The van der Waals surface area contributed by atoms with Crippen LogP contribution in [-0.2, 0) is 10.0 Å². The summed E-state index contributed by atoms with van der Waals surface area (Å²) in [4.78, 5) is -0.0525. The first-order valence-corrected chi connectivity index (χ1v) is 8.42. The van der Waals surface area contributed by atoms with Crippen molar-refractivity contribution in [3.63, 3.8) is 0 Å². The van der Waals surface area contributed by atoms with Crippen molar-refractivity contribution >= 4 is 61.3 Å². The van der Waals surface area contributed by atoms with Gasteiger partial charge in [-0.15, -0.1) is 0 Å². The van der Waals surface area contributed by atoms with Gasteiger partial charge in [0.25, 0.3) is 0 Å². The van der Waals surface area contributed by atoms with E-state index in [1.807, 2.05) is 0 Å². The quantitative estimate of drug-likeness (QED) is 0.522. The Morgan fingerprint density at radius 2 is 1.75 bits per heavy atom. The van der Waals surface area contributed by atoms with Gasteiger partial charge in [-0.25, -0.2) is 13.6 Å². The van der Waals surface area contributed by atoms with Crippen molar-refractivity contribution in [2.75, 3.05) is 11.1 Å². The van der Waals surface area contributed by atoms with Gasteiger partial charge < -0.3 is 11.1 Å². The average Bonchev–Trinajstić information content (AvgIpc) is 2.33. The summed E-state index contributed by atoms with van der Waals surface area (Å²) in [5, 5.41) is 8.82. The first-order chi connectivity index (χ1) is 9.27. The van der Waals surface area contributed by atoms with E-state index in [2.05, 4.69) is 27.9 Å². The Balaban J connectivity index is 2.49. The number of primary sulfonamides is 1. The number of anilines is 3. The van der Waals surface area contributed by atoms with Crippen molar-refractivity contribution in [2.45, 2.75) is 4.90 Å². The molecular weight excluding hydrogens is 413 g/mol. The Labute approximate surface area is 135 Å². The van der Waals surface area contributed by atoms with Crippen LogP contribution >= 0.6 is 34.2 Å². The minimum absolute atomic E-state index is 0.0525. The van der Waals surface area contributed by atoms with Crippen molar-refractivity contribution in [3.8, 4) is 0 Å². The van der Waals surface area contributed by atoms with E-state index in [9.17, 15) is 8.42 Å². The molecule has 0 heterocycles. The topological polar surface area (TPSA) is 98.2 Å². The maximum Gasteiger partial charge on any atom is 0.240 e. The van der Waals surface area contributed by atoms with Gasteiger partial charge in [-0.1, -0.05) is 11.6 Å². The van der Waals surface area contributed by atoms with Crippen LogP contribution in [0.3, 0.4) is 0 Å². The second kappa shape index (κ2) is 5.76. The Morgan fingerprint density at radius 3 is 2.35 bits per heavy atom. The van der Waals surface area contributed by atoms with E-state index in [1.165, 1.54) is 6.07 Å². The number of halogens is 2. The van der Waals surface area contributed by atoms with E-state index < -0.39 is 10.0 Å². The van der Waals surface area contributed by atoms with Crippen molar-refractivity contribution in [1.82, 2.24) is 0 Å². The molecule has 0 spiro atoms. The maximum atomic E-state index is 11.6. The van der Waals surface area contributed by atoms with E-state index in [0.29, 0.717) is 16.4 Å². The van der Waals surface area contributed by atoms with Crippen LogP contribution in [0.1, 0.15) is 0 Å². The molecule has 5 N–H and O–H groups in total. The van der Waals surface area contributed by atoms with Gasteiger partial charge in [0.1, 0.15) is 4.90 Å². The molecule has 0 bridgehead atoms. The third-order valence-corrected chi connectivity index (χ3v) is 4.59. The fourth-order valence-electron chi connectivity index (χ4n) is 1.61.